The van der Waals surface area contributed by atoms with Crippen LogP contribution in [0.15, 0.2) is 18.2 Å². The molecule has 4 heteroatoms. The Bertz CT molecular complexity index is 515. The van der Waals surface area contributed by atoms with Crippen LogP contribution >= 0.6 is 0 Å². The van der Waals surface area contributed by atoms with Gasteiger partial charge in [0.15, 0.2) is 0 Å². The van der Waals surface area contributed by atoms with Crippen LogP contribution in [0.2, 0.25) is 0 Å². The number of hydrogen-bond acceptors (Lipinski definition) is 3. The zero-order valence-electron chi connectivity index (χ0n) is 13.8. The maximum Gasteiger partial charge on any atom is 0.272 e. The second-order valence-corrected chi connectivity index (χ2v) is 7.08. The van der Waals surface area contributed by atoms with Gasteiger partial charge in [-0.1, -0.05) is 19.9 Å². The molecule has 2 fully saturated rings. The number of aromatic nitrogens is 1. The second-order valence-electron chi connectivity index (χ2n) is 7.08. The Balaban J connectivity index is 1.74. The van der Waals surface area contributed by atoms with E-state index in [-0.39, 0.29) is 5.91 Å². The Morgan fingerprint density at radius 3 is 2.45 bits per heavy atom. The van der Waals surface area contributed by atoms with Gasteiger partial charge in [0.05, 0.1) is 0 Å². The van der Waals surface area contributed by atoms with Crippen molar-refractivity contribution >= 4 is 11.7 Å². The van der Waals surface area contributed by atoms with Gasteiger partial charge in [0.2, 0.25) is 0 Å². The molecule has 4 nitrogen and oxygen atoms in total. The van der Waals surface area contributed by atoms with Crippen molar-refractivity contribution in [2.24, 2.45) is 11.8 Å². The molecule has 2 saturated heterocycles. The van der Waals surface area contributed by atoms with Crippen molar-refractivity contribution in [3.05, 3.63) is 23.9 Å². The van der Waals surface area contributed by atoms with Crippen LogP contribution in [-0.2, 0) is 0 Å². The molecule has 3 rings (SSSR count). The Morgan fingerprint density at radius 1 is 1.09 bits per heavy atom. The Labute approximate surface area is 133 Å². The van der Waals surface area contributed by atoms with E-state index in [9.17, 15) is 4.79 Å². The molecule has 22 heavy (non-hydrogen) atoms. The summed E-state index contributed by atoms with van der Waals surface area (Å²) in [4.78, 5) is 21.7. The zero-order chi connectivity index (χ0) is 15.5. The zero-order valence-corrected chi connectivity index (χ0v) is 13.8. The van der Waals surface area contributed by atoms with Crippen LogP contribution in [-0.4, -0.2) is 42.0 Å². The number of rotatable bonds is 2. The third kappa shape index (κ3) is 3.42. The van der Waals surface area contributed by atoms with E-state index < -0.39 is 0 Å². The van der Waals surface area contributed by atoms with Crippen LogP contribution in [0.25, 0.3) is 0 Å². The van der Waals surface area contributed by atoms with E-state index in [1.54, 1.807) is 0 Å². The van der Waals surface area contributed by atoms with E-state index >= 15 is 0 Å². The van der Waals surface area contributed by atoms with Crippen LogP contribution in [0, 0.1) is 11.8 Å². The largest absolute Gasteiger partial charge is 0.357 e. The van der Waals surface area contributed by atoms with Crippen molar-refractivity contribution < 1.29 is 4.79 Å². The molecule has 0 N–H and O–H groups in total. The van der Waals surface area contributed by atoms with E-state index in [1.807, 2.05) is 23.1 Å². The molecular formula is C18H27N3O. The Hall–Kier alpha value is -1.58. The topological polar surface area (TPSA) is 36.4 Å². The van der Waals surface area contributed by atoms with Gasteiger partial charge in [-0.3, -0.25) is 4.79 Å². The lowest BCUT2D eigenvalue weighted by atomic mass is 9.92. The van der Waals surface area contributed by atoms with Crippen LogP contribution in [0.3, 0.4) is 0 Å². The molecule has 1 aromatic rings. The molecule has 2 atom stereocenters. The highest BCUT2D eigenvalue weighted by atomic mass is 16.2. The standard InChI is InChI=1S/C18H27N3O/c1-14-11-15(2)13-21(12-14)18(22)16-7-6-8-17(19-16)20-9-4-3-5-10-20/h6-8,14-15H,3-5,9-13H2,1-2H3. The molecule has 2 unspecified atom stereocenters. The summed E-state index contributed by atoms with van der Waals surface area (Å²) in [5.74, 6) is 2.22. The van der Waals surface area contributed by atoms with Crippen LogP contribution < -0.4 is 4.90 Å². The third-order valence-corrected chi connectivity index (χ3v) is 4.79. The summed E-state index contributed by atoms with van der Waals surface area (Å²) in [5.41, 5.74) is 0.601. The molecule has 1 aromatic heterocycles. The normalized spacial score (nSPS) is 26.1. The monoisotopic (exact) mass is 301 g/mol. The van der Waals surface area contributed by atoms with E-state index in [0.29, 0.717) is 17.5 Å². The highest BCUT2D eigenvalue weighted by Gasteiger charge is 2.27. The summed E-state index contributed by atoms with van der Waals surface area (Å²) < 4.78 is 0. The van der Waals surface area contributed by atoms with Crippen molar-refractivity contribution in [2.75, 3.05) is 31.1 Å². The first-order chi connectivity index (χ1) is 10.6. The average molecular weight is 301 g/mol. The van der Waals surface area contributed by atoms with Crippen molar-refractivity contribution in [1.29, 1.82) is 0 Å². The molecule has 0 spiro atoms. The molecule has 0 bridgehead atoms. The molecule has 0 radical (unpaired) electrons. The number of likely N-dealkylation sites (tertiary alicyclic amines) is 1. The first kappa shape index (κ1) is 15.3. The van der Waals surface area contributed by atoms with Crippen LogP contribution in [0.1, 0.15) is 50.0 Å². The van der Waals surface area contributed by atoms with Gasteiger partial charge in [-0.25, -0.2) is 4.98 Å². The summed E-state index contributed by atoms with van der Waals surface area (Å²) in [6.07, 6.45) is 4.96. The predicted octanol–water partition coefficient (Wildman–Crippen LogP) is 3.19. The molecule has 0 aromatic carbocycles. The van der Waals surface area contributed by atoms with Gasteiger partial charge in [0.1, 0.15) is 11.5 Å². The average Bonchev–Trinajstić information content (AvgIpc) is 2.54. The smallest absolute Gasteiger partial charge is 0.272 e. The first-order valence-electron chi connectivity index (χ1n) is 8.65. The van der Waals surface area contributed by atoms with Crippen LogP contribution in [0.5, 0.6) is 0 Å². The lowest BCUT2D eigenvalue weighted by Crippen LogP contribution is -2.43. The SMILES string of the molecule is CC1CC(C)CN(C(=O)c2cccc(N3CCCCC3)n2)C1. The molecule has 0 saturated carbocycles. The van der Waals surface area contributed by atoms with Gasteiger partial charge >= 0.3 is 0 Å². The van der Waals surface area contributed by atoms with Gasteiger partial charge in [-0.15, -0.1) is 0 Å². The van der Waals surface area contributed by atoms with Gasteiger partial charge < -0.3 is 9.80 Å². The minimum Gasteiger partial charge on any atom is -0.357 e. The fourth-order valence-electron chi connectivity index (χ4n) is 3.83. The molecule has 3 heterocycles. The molecule has 1 amide bonds. The minimum absolute atomic E-state index is 0.0947. The van der Waals surface area contributed by atoms with E-state index in [1.165, 1.54) is 25.7 Å². The van der Waals surface area contributed by atoms with Crippen molar-refractivity contribution in [1.82, 2.24) is 9.88 Å². The number of carbonyl (C=O) groups excluding carboxylic acids is 1. The number of anilines is 1. The summed E-state index contributed by atoms with van der Waals surface area (Å²) in [6.45, 7) is 8.30. The van der Waals surface area contributed by atoms with Gasteiger partial charge in [-0.05, 0) is 49.7 Å². The van der Waals surface area contributed by atoms with Crippen molar-refractivity contribution in [3.8, 4) is 0 Å². The molecule has 2 aliphatic rings. The number of carbonyl (C=O) groups is 1. The van der Waals surface area contributed by atoms with E-state index in [0.717, 1.165) is 32.0 Å². The number of piperidine rings is 2. The summed E-state index contributed by atoms with van der Waals surface area (Å²) in [5, 5.41) is 0. The predicted molar refractivity (Wildman–Crippen MR) is 89.1 cm³/mol. The fraction of sp³-hybridized carbons (Fsp3) is 0.667. The molecular weight excluding hydrogens is 274 g/mol. The van der Waals surface area contributed by atoms with Gasteiger partial charge in [0, 0.05) is 26.2 Å². The third-order valence-electron chi connectivity index (χ3n) is 4.79. The number of pyridine rings is 1. The summed E-state index contributed by atoms with van der Waals surface area (Å²) >= 11 is 0. The maximum absolute atomic E-state index is 12.8. The molecule has 0 aliphatic carbocycles. The van der Waals surface area contributed by atoms with E-state index in [2.05, 4.69) is 23.7 Å². The second kappa shape index (κ2) is 6.67. The summed E-state index contributed by atoms with van der Waals surface area (Å²) in [7, 11) is 0. The quantitative estimate of drug-likeness (QED) is 0.841. The minimum atomic E-state index is 0.0947. The lowest BCUT2D eigenvalue weighted by Gasteiger charge is -2.35. The van der Waals surface area contributed by atoms with Gasteiger partial charge in [-0.2, -0.15) is 0 Å². The fourth-order valence-corrected chi connectivity index (χ4v) is 3.83. The molecule has 2 aliphatic heterocycles. The Kier molecular flexibility index (Phi) is 4.65. The van der Waals surface area contributed by atoms with E-state index in [4.69, 9.17) is 0 Å². The molecule has 120 valence electrons. The lowest BCUT2D eigenvalue weighted by molar-refractivity contribution is 0.0617. The number of hydrogen-bond donors (Lipinski definition) is 0. The van der Waals surface area contributed by atoms with Crippen molar-refractivity contribution in [3.63, 3.8) is 0 Å². The van der Waals surface area contributed by atoms with Gasteiger partial charge in [0.25, 0.3) is 5.91 Å². The number of amides is 1. The Morgan fingerprint density at radius 2 is 1.77 bits per heavy atom. The maximum atomic E-state index is 12.8. The highest BCUT2D eigenvalue weighted by molar-refractivity contribution is 5.92. The van der Waals surface area contributed by atoms with Crippen molar-refractivity contribution in [2.45, 2.75) is 39.5 Å². The van der Waals surface area contributed by atoms with Crippen LogP contribution in [0.4, 0.5) is 5.82 Å². The first-order valence-corrected chi connectivity index (χ1v) is 8.65. The summed E-state index contributed by atoms with van der Waals surface area (Å²) in [6, 6.07) is 5.87. The highest BCUT2D eigenvalue weighted by Crippen LogP contribution is 2.23. The number of nitrogens with zero attached hydrogens (tertiary/aromatic N) is 3.